The number of ether oxygens (including phenoxy) is 1. The maximum absolute atomic E-state index is 5.81. The van der Waals surface area contributed by atoms with Gasteiger partial charge in [-0.25, -0.2) is 0 Å². The van der Waals surface area contributed by atoms with E-state index in [4.69, 9.17) is 22.7 Å². The predicted octanol–water partition coefficient (Wildman–Crippen LogP) is 2.70. The largest absolute Gasteiger partial charge is 0.389 e. The van der Waals surface area contributed by atoms with E-state index < -0.39 is 0 Å². The fourth-order valence-corrected chi connectivity index (χ4v) is 2.81. The van der Waals surface area contributed by atoms with E-state index in [-0.39, 0.29) is 0 Å². The van der Waals surface area contributed by atoms with Crippen LogP contribution in [-0.4, -0.2) is 31.3 Å². The third-order valence-corrected chi connectivity index (χ3v) is 4.06. The van der Waals surface area contributed by atoms with Gasteiger partial charge in [0.2, 0.25) is 0 Å². The summed E-state index contributed by atoms with van der Waals surface area (Å²) in [4.78, 5) is 2.70. The topological polar surface area (TPSA) is 38.5 Å². The Morgan fingerprint density at radius 3 is 2.72 bits per heavy atom. The molecule has 0 spiro atoms. The van der Waals surface area contributed by atoms with Gasteiger partial charge in [0.05, 0.1) is 0 Å². The lowest BCUT2D eigenvalue weighted by Crippen LogP contribution is -2.37. The fraction of sp³-hybridized carbons (Fsp3) is 0.462. The van der Waals surface area contributed by atoms with Crippen molar-refractivity contribution in [1.29, 1.82) is 0 Å². The van der Waals surface area contributed by atoms with Gasteiger partial charge >= 0.3 is 0 Å². The summed E-state index contributed by atoms with van der Waals surface area (Å²) in [5.74, 6) is 0. The molecule has 1 fully saturated rings. The van der Waals surface area contributed by atoms with Crippen molar-refractivity contribution in [2.75, 3.05) is 25.2 Å². The third-order valence-electron chi connectivity index (χ3n) is 3.34. The molecule has 0 unspecified atom stereocenters. The SMILES string of the molecule is CN(c1ccc(Br)cc1C(N)=S)C1CCOCC1. The molecule has 5 heteroatoms. The Bertz CT molecular complexity index is 447. The van der Waals surface area contributed by atoms with E-state index in [1.165, 1.54) is 0 Å². The Labute approximate surface area is 121 Å². The van der Waals surface area contributed by atoms with Gasteiger partial charge in [-0.3, -0.25) is 0 Å². The quantitative estimate of drug-likeness (QED) is 0.866. The normalized spacial score (nSPS) is 16.6. The number of hydrogen-bond acceptors (Lipinski definition) is 3. The Morgan fingerprint density at radius 1 is 1.44 bits per heavy atom. The van der Waals surface area contributed by atoms with Crippen LogP contribution in [-0.2, 0) is 4.74 Å². The molecule has 0 amide bonds. The maximum Gasteiger partial charge on any atom is 0.106 e. The van der Waals surface area contributed by atoms with Crippen LogP contribution >= 0.6 is 28.1 Å². The lowest BCUT2D eigenvalue weighted by atomic mass is 10.0. The van der Waals surface area contributed by atoms with Crippen LogP contribution in [0.1, 0.15) is 18.4 Å². The van der Waals surface area contributed by atoms with Gasteiger partial charge in [0.1, 0.15) is 4.99 Å². The summed E-state index contributed by atoms with van der Waals surface area (Å²) in [5, 5.41) is 0. The number of nitrogens with zero attached hydrogens (tertiary/aromatic N) is 1. The number of thiocarbonyl (C=S) groups is 1. The van der Waals surface area contributed by atoms with Crippen molar-refractivity contribution in [1.82, 2.24) is 0 Å². The van der Waals surface area contributed by atoms with E-state index >= 15 is 0 Å². The molecule has 0 bridgehead atoms. The molecule has 1 aromatic carbocycles. The molecule has 0 aliphatic carbocycles. The van der Waals surface area contributed by atoms with Gasteiger partial charge in [-0.15, -0.1) is 0 Å². The highest BCUT2D eigenvalue weighted by atomic mass is 79.9. The van der Waals surface area contributed by atoms with Gasteiger partial charge in [0, 0.05) is 42.0 Å². The van der Waals surface area contributed by atoms with Crippen LogP contribution in [0.2, 0.25) is 0 Å². The summed E-state index contributed by atoms with van der Waals surface area (Å²) in [6.07, 6.45) is 2.09. The number of benzene rings is 1. The van der Waals surface area contributed by atoms with Gasteiger partial charge in [0.25, 0.3) is 0 Å². The number of rotatable bonds is 3. The minimum absolute atomic E-state index is 0.435. The highest BCUT2D eigenvalue weighted by molar-refractivity contribution is 9.10. The van der Waals surface area contributed by atoms with Crippen molar-refractivity contribution >= 4 is 38.8 Å². The van der Waals surface area contributed by atoms with E-state index in [1.807, 2.05) is 12.1 Å². The smallest absolute Gasteiger partial charge is 0.106 e. The summed E-state index contributed by atoms with van der Waals surface area (Å²) in [6, 6.07) is 6.56. The second-order valence-corrected chi connectivity index (χ2v) is 5.84. The highest BCUT2D eigenvalue weighted by Crippen LogP contribution is 2.27. The average Bonchev–Trinajstić information content (AvgIpc) is 2.39. The number of nitrogens with two attached hydrogens (primary N) is 1. The molecule has 0 radical (unpaired) electrons. The molecule has 1 aliphatic rings. The minimum Gasteiger partial charge on any atom is -0.389 e. The molecule has 2 N–H and O–H groups in total. The van der Waals surface area contributed by atoms with E-state index in [9.17, 15) is 0 Å². The summed E-state index contributed by atoms with van der Waals surface area (Å²) >= 11 is 8.59. The lowest BCUT2D eigenvalue weighted by Gasteiger charge is -2.34. The third kappa shape index (κ3) is 3.02. The summed E-state index contributed by atoms with van der Waals surface area (Å²) in [6.45, 7) is 1.65. The molecule has 1 aliphatic heterocycles. The standard InChI is InChI=1S/C13H17BrN2OS/c1-16(10-4-6-17-7-5-10)12-3-2-9(14)8-11(12)13(15)18/h2-3,8,10H,4-7H2,1H3,(H2,15,18). The summed E-state index contributed by atoms with van der Waals surface area (Å²) in [7, 11) is 2.10. The maximum atomic E-state index is 5.81. The van der Waals surface area contributed by atoms with Crippen LogP contribution in [0, 0.1) is 0 Å². The average molecular weight is 329 g/mol. The van der Waals surface area contributed by atoms with Crippen LogP contribution in [0.25, 0.3) is 0 Å². The minimum atomic E-state index is 0.435. The van der Waals surface area contributed by atoms with Crippen LogP contribution < -0.4 is 10.6 Å². The second-order valence-electron chi connectivity index (χ2n) is 4.48. The monoisotopic (exact) mass is 328 g/mol. The van der Waals surface area contributed by atoms with Gasteiger partial charge in [-0.05, 0) is 31.0 Å². The second kappa shape index (κ2) is 5.99. The molecule has 0 saturated carbocycles. The van der Waals surface area contributed by atoms with E-state index in [0.29, 0.717) is 11.0 Å². The van der Waals surface area contributed by atoms with Crippen LogP contribution in [0.5, 0.6) is 0 Å². The number of anilines is 1. The number of hydrogen-bond donors (Lipinski definition) is 1. The van der Waals surface area contributed by atoms with E-state index in [0.717, 1.165) is 41.8 Å². The number of halogens is 1. The molecule has 3 nitrogen and oxygen atoms in total. The molecule has 98 valence electrons. The first-order valence-electron chi connectivity index (χ1n) is 5.99. The van der Waals surface area contributed by atoms with E-state index in [1.54, 1.807) is 0 Å². The Balaban J connectivity index is 2.28. The predicted molar refractivity (Wildman–Crippen MR) is 82.3 cm³/mol. The first-order valence-corrected chi connectivity index (χ1v) is 7.19. The molecule has 1 heterocycles. The molecular formula is C13H17BrN2OS. The Kier molecular flexibility index (Phi) is 4.59. The van der Waals surface area contributed by atoms with Gasteiger partial charge in [-0.1, -0.05) is 28.1 Å². The zero-order valence-electron chi connectivity index (χ0n) is 10.4. The van der Waals surface area contributed by atoms with Crippen LogP contribution in [0.4, 0.5) is 5.69 Å². The van der Waals surface area contributed by atoms with Gasteiger partial charge < -0.3 is 15.4 Å². The van der Waals surface area contributed by atoms with Crippen molar-refractivity contribution < 1.29 is 4.74 Å². The van der Waals surface area contributed by atoms with Crippen molar-refractivity contribution in [3.63, 3.8) is 0 Å². The first-order chi connectivity index (χ1) is 8.59. The molecule has 1 saturated heterocycles. The molecule has 2 rings (SSSR count). The van der Waals surface area contributed by atoms with Gasteiger partial charge in [0.15, 0.2) is 0 Å². The Morgan fingerprint density at radius 2 is 2.11 bits per heavy atom. The summed E-state index contributed by atoms with van der Waals surface area (Å²) in [5.41, 5.74) is 7.83. The molecule has 18 heavy (non-hydrogen) atoms. The first kappa shape index (κ1) is 13.8. The molecular weight excluding hydrogens is 312 g/mol. The fourth-order valence-electron chi connectivity index (χ4n) is 2.28. The highest BCUT2D eigenvalue weighted by Gasteiger charge is 2.21. The molecule has 0 aromatic heterocycles. The summed E-state index contributed by atoms with van der Waals surface area (Å²) < 4.78 is 6.39. The zero-order chi connectivity index (χ0) is 13.1. The van der Waals surface area contributed by atoms with Crippen LogP contribution in [0.3, 0.4) is 0 Å². The lowest BCUT2D eigenvalue weighted by molar-refractivity contribution is 0.0855. The van der Waals surface area contributed by atoms with E-state index in [2.05, 4.69) is 33.9 Å². The van der Waals surface area contributed by atoms with Crippen LogP contribution in [0.15, 0.2) is 22.7 Å². The van der Waals surface area contributed by atoms with Crippen molar-refractivity contribution in [3.8, 4) is 0 Å². The van der Waals surface area contributed by atoms with Crippen molar-refractivity contribution in [2.24, 2.45) is 5.73 Å². The van der Waals surface area contributed by atoms with Crippen molar-refractivity contribution in [2.45, 2.75) is 18.9 Å². The molecule has 1 aromatic rings. The Hall–Kier alpha value is -0.650. The molecule has 0 atom stereocenters. The van der Waals surface area contributed by atoms with Crippen molar-refractivity contribution in [3.05, 3.63) is 28.2 Å². The van der Waals surface area contributed by atoms with Gasteiger partial charge in [-0.2, -0.15) is 0 Å². The zero-order valence-corrected chi connectivity index (χ0v) is 12.8.